The highest BCUT2D eigenvalue weighted by Crippen LogP contribution is 2.42. The summed E-state index contributed by atoms with van der Waals surface area (Å²) in [6.45, 7) is 9.18. The summed E-state index contributed by atoms with van der Waals surface area (Å²) in [5.41, 5.74) is 1.59. The van der Waals surface area contributed by atoms with Crippen molar-refractivity contribution in [2.45, 2.75) is 52.5 Å². The van der Waals surface area contributed by atoms with Gasteiger partial charge < -0.3 is 5.11 Å². The highest BCUT2D eigenvalue weighted by atomic mass is 16.3. The lowest BCUT2D eigenvalue weighted by atomic mass is 9.82. The molecule has 0 spiro atoms. The molecule has 1 unspecified atom stereocenters. The lowest BCUT2D eigenvalue weighted by Gasteiger charge is -2.31. The fraction of sp³-hybridized carbons (Fsp3) is 0.647. The molecular weight excluding hydrogens is 234 g/mol. The summed E-state index contributed by atoms with van der Waals surface area (Å²) in [6.07, 6.45) is 4.87. The van der Waals surface area contributed by atoms with Gasteiger partial charge in [0.05, 0.1) is 0 Å². The van der Waals surface area contributed by atoms with Gasteiger partial charge in [-0.15, -0.1) is 0 Å². The molecule has 19 heavy (non-hydrogen) atoms. The Morgan fingerprint density at radius 2 is 1.89 bits per heavy atom. The standard InChI is InChI=1S/C17H27NO/c1-4-15(14-9-7-8-10-16(14)19)18-12-11-17(5-2,6-3)13-18/h7-10,15,19H,4-6,11-13H2,1-3H3. The third kappa shape index (κ3) is 2.79. The third-order valence-corrected chi connectivity index (χ3v) is 5.09. The summed E-state index contributed by atoms with van der Waals surface area (Å²) >= 11 is 0. The van der Waals surface area contributed by atoms with Crippen LogP contribution in [0.1, 0.15) is 58.1 Å². The van der Waals surface area contributed by atoms with E-state index in [1.54, 1.807) is 6.07 Å². The van der Waals surface area contributed by atoms with Gasteiger partial charge in [-0.05, 0) is 43.7 Å². The molecule has 1 aliphatic heterocycles. The number of phenols is 1. The SMILES string of the molecule is CCC(c1ccccc1O)N1CCC(CC)(CC)C1. The van der Waals surface area contributed by atoms with E-state index in [2.05, 4.69) is 31.7 Å². The number of nitrogens with zero attached hydrogens (tertiary/aromatic N) is 1. The van der Waals surface area contributed by atoms with Gasteiger partial charge in [0.25, 0.3) is 0 Å². The molecule has 1 N–H and O–H groups in total. The first kappa shape index (κ1) is 14.4. The number of phenolic OH excluding ortho intramolecular Hbond substituents is 1. The molecule has 0 saturated carbocycles. The van der Waals surface area contributed by atoms with Crippen molar-refractivity contribution in [3.63, 3.8) is 0 Å². The van der Waals surface area contributed by atoms with Gasteiger partial charge in [0.2, 0.25) is 0 Å². The van der Waals surface area contributed by atoms with Gasteiger partial charge in [-0.25, -0.2) is 0 Å². The zero-order chi connectivity index (χ0) is 13.9. The van der Waals surface area contributed by atoms with Crippen LogP contribution in [0, 0.1) is 5.41 Å². The third-order valence-electron chi connectivity index (χ3n) is 5.09. The van der Waals surface area contributed by atoms with Crippen LogP contribution in [0.15, 0.2) is 24.3 Å². The van der Waals surface area contributed by atoms with Gasteiger partial charge in [-0.2, -0.15) is 0 Å². The zero-order valence-electron chi connectivity index (χ0n) is 12.5. The summed E-state index contributed by atoms with van der Waals surface area (Å²) in [5.74, 6) is 0.444. The summed E-state index contributed by atoms with van der Waals surface area (Å²) in [4.78, 5) is 2.57. The first-order chi connectivity index (χ1) is 9.15. The van der Waals surface area contributed by atoms with Gasteiger partial charge in [0.1, 0.15) is 5.75 Å². The van der Waals surface area contributed by atoms with E-state index in [4.69, 9.17) is 0 Å². The van der Waals surface area contributed by atoms with Crippen molar-refractivity contribution in [2.75, 3.05) is 13.1 Å². The molecule has 2 heteroatoms. The lowest BCUT2D eigenvalue weighted by molar-refractivity contribution is 0.188. The summed E-state index contributed by atoms with van der Waals surface area (Å²) in [5, 5.41) is 10.1. The molecule has 1 atom stereocenters. The maximum absolute atomic E-state index is 10.1. The summed E-state index contributed by atoms with van der Waals surface area (Å²) in [7, 11) is 0. The minimum Gasteiger partial charge on any atom is -0.508 e. The fourth-order valence-corrected chi connectivity index (χ4v) is 3.51. The molecule has 0 amide bonds. The molecule has 1 fully saturated rings. The molecule has 106 valence electrons. The van der Waals surface area contributed by atoms with Crippen LogP contribution in [0.25, 0.3) is 0 Å². The van der Waals surface area contributed by atoms with Gasteiger partial charge >= 0.3 is 0 Å². The van der Waals surface area contributed by atoms with E-state index in [1.807, 2.05) is 12.1 Å². The number of hydrogen-bond donors (Lipinski definition) is 1. The Labute approximate surface area is 117 Å². The van der Waals surface area contributed by atoms with E-state index < -0.39 is 0 Å². The molecule has 1 aromatic carbocycles. The zero-order valence-corrected chi connectivity index (χ0v) is 12.5. The lowest BCUT2D eigenvalue weighted by Crippen LogP contribution is -2.29. The number of benzene rings is 1. The van der Waals surface area contributed by atoms with Gasteiger partial charge in [-0.3, -0.25) is 4.90 Å². The summed E-state index contributed by atoms with van der Waals surface area (Å²) in [6, 6.07) is 8.17. The first-order valence-corrected chi connectivity index (χ1v) is 7.67. The molecule has 1 aromatic rings. The van der Waals surface area contributed by atoms with Crippen molar-refractivity contribution in [1.29, 1.82) is 0 Å². The Morgan fingerprint density at radius 3 is 2.42 bits per heavy atom. The molecule has 0 aromatic heterocycles. The van der Waals surface area contributed by atoms with Crippen molar-refractivity contribution in [1.82, 2.24) is 4.90 Å². The van der Waals surface area contributed by atoms with E-state index in [-0.39, 0.29) is 0 Å². The van der Waals surface area contributed by atoms with E-state index in [1.165, 1.54) is 25.8 Å². The number of para-hydroxylation sites is 1. The normalized spacial score (nSPS) is 20.6. The Balaban J connectivity index is 2.19. The average molecular weight is 261 g/mol. The first-order valence-electron chi connectivity index (χ1n) is 7.67. The minimum absolute atomic E-state index is 0.362. The van der Waals surface area contributed by atoms with E-state index in [0.29, 0.717) is 17.2 Å². The van der Waals surface area contributed by atoms with Crippen molar-refractivity contribution in [3.05, 3.63) is 29.8 Å². The molecule has 0 bridgehead atoms. The van der Waals surface area contributed by atoms with Gasteiger partial charge in [-0.1, -0.05) is 39.0 Å². The van der Waals surface area contributed by atoms with Crippen LogP contribution in [0.4, 0.5) is 0 Å². The second kappa shape index (κ2) is 5.96. The maximum atomic E-state index is 10.1. The Morgan fingerprint density at radius 1 is 1.21 bits per heavy atom. The second-order valence-electron chi connectivity index (χ2n) is 5.91. The fourth-order valence-electron chi connectivity index (χ4n) is 3.51. The van der Waals surface area contributed by atoms with Crippen molar-refractivity contribution < 1.29 is 5.11 Å². The van der Waals surface area contributed by atoms with Crippen LogP contribution in [0.3, 0.4) is 0 Å². The highest BCUT2D eigenvalue weighted by molar-refractivity contribution is 5.34. The van der Waals surface area contributed by atoms with Crippen molar-refractivity contribution in [3.8, 4) is 5.75 Å². The monoisotopic (exact) mass is 261 g/mol. The van der Waals surface area contributed by atoms with E-state index in [9.17, 15) is 5.11 Å². The molecule has 1 aliphatic rings. The molecule has 0 aliphatic carbocycles. The van der Waals surface area contributed by atoms with E-state index in [0.717, 1.165) is 18.5 Å². The number of aromatic hydroxyl groups is 1. The van der Waals surface area contributed by atoms with Crippen molar-refractivity contribution in [2.24, 2.45) is 5.41 Å². The number of likely N-dealkylation sites (tertiary alicyclic amines) is 1. The Bertz CT molecular complexity index is 411. The van der Waals surface area contributed by atoms with Crippen LogP contribution in [0.2, 0.25) is 0 Å². The number of hydrogen-bond acceptors (Lipinski definition) is 2. The smallest absolute Gasteiger partial charge is 0.120 e. The minimum atomic E-state index is 0.362. The molecular formula is C17H27NO. The van der Waals surface area contributed by atoms with Crippen LogP contribution in [0.5, 0.6) is 5.75 Å². The molecule has 1 saturated heterocycles. The quantitative estimate of drug-likeness (QED) is 0.851. The predicted molar refractivity (Wildman–Crippen MR) is 80.3 cm³/mol. The predicted octanol–water partition coefficient (Wildman–Crippen LogP) is 4.36. The average Bonchev–Trinajstić information content (AvgIpc) is 2.87. The largest absolute Gasteiger partial charge is 0.508 e. The molecule has 0 radical (unpaired) electrons. The van der Waals surface area contributed by atoms with Crippen LogP contribution in [-0.2, 0) is 0 Å². The van der Waals surface area contributed by atoms with Gasteiger partial charge in [0.15, 0.2) is 0 Å². The maximum Gasteiger partial charge on any atom is 0.120 e. The number of rotatable bonds is 5. The van der Waals surface area contributed by atoms with Crippen LogP contribution < -0.4 is 0 Å². The topological polar surface area (TPSA) is 23.5 Å². The molecule has 2 nitrogen and oxygen atoms in total. The van der Waals surface area contributed by atoms with Crippen LogP contribution in [-0.4, -0.2) is 23.1 Å². The highest BCUT2D eigenvalue weighted by Gasteiger charge is 2.38. The Kier molecular flexibility index (Phi) is 4.51. The van der Waals surface area contributed by atoms with Gasteiger partial charge in [0, 0.05) is 18.2 Å². The van der Waals surface area contributed by atoms with E-state index >= 15 is 0 Å². The molecule has 2 rings (SSSR count). The Hall–Kier alpha value is -1.02. The second-order valence-corrected chi connectivity index (χ2v) is 5.91. The molecule has 1 heterocycles. The van der Waals surface area contributed by atoms with Crippen LogP contribution >= 0.6 is 0 Å². The summed E-state index contributed by atoms with van der Waals surface area (Å²) < 4.78 is 0. The van der Waals surface area contributed by atoms with Crippen molar-refractivity contribution >= 4 is 0 Å².